The van der Waals surface area contributed by atoms with E-state index in [1.165, 1.54) is 23.1 Å². The smallest absolute Gasteiger partial charge is 0.313 e. The lowest BCUT2D eigenvalue weighted by molar-refractivity contribution is -0.133. The third-order valence-corrected chi connectivity index (χ3v) is 6.91. The number of carbonyl (C=O) groups is 1. The van der Waals surface area contributed by atoms with Gasteiger partial charge < -0.3 is 5.11 Å². The van der Waals surface area contributed by atoms with Gasteiger partial charge in [-0.1, -0.05) is 53.4 Å². The van der Waals surface area contributed by atoms with Crippen LogP contribution in [-0.4, -0.2) is 35.8 Å². The van der Waals surface area contributed by atoms with Crippen LogP contribution in [0.25, 0.3) is 32.7 Å². The van der Waals surface area contributed by atoms with E-state index in [0.717, 1.165) is 32.6 Å². The van der Waals surface area contributed by atoms with Gasteiger partial charge in [-0.25, -0.2) is 9.97 Å². The molecule has 0 aliphatic rings. The maximum absolute atomic E-state index is 11.2. The fourth-order valence-electron chi connectivity index (χ4n) is 3.38. The molecule has 0 saturated heterocycles. The number of hydrogen-bond acceptors (Lipinski definition) is 6. The Balaban J connectivity index is 1.92. The van der Waals surface area contributed by atoms with E-state index in [2.05, 4.69) is 0 Å². The molecule has 5 rings (SSSR count). The van der Waals surface area contributed by atoms with Gasteiger partial charge in [0.25, 0.3) is 0 Å². The van der Waals surface area contributed by atoms with Crippen LogP contribution in [-0.2, 0) is 4.79 Å². The number of thioether (sulfide) groups is 1. The highest BCUT2D eigenvalue weighted by molar-refractivity contribution is 7.99. The molecule has 0 atom stereocenters. The first-order valence-electron chi connectivity index (χ1n) is 8.78. The third-order valence-electron chi connectivity index (χ3n) is 4.62. The number of thiazole rings is 1. The van der Waals surface area contributed by atoms with Gasteiger partial charge in [0.15, 0.2) is 20.4 Å². The Labute approximate surface area is 178 Å². The van der Waals surface area contributed by atoms with E-state index >= 15 is 0 Å². The Bertz CT molecular complexity index is 1480. The zero-order valence-corrected chi connectivity index (χ0v) is 17.6. The van der Waals surface area contributed by atoms with Crippen LogP contribution in [0.5, 0.6) is 0 Å². The number of aryl methyl sites for hydroxylation is 1. The van der Waals surface area contributed by atoms with Crippen LogP contribution >= 0.6 is 35.3 Å². The molecule has 0 aliphatic heterocycles. The highest BCUT2D eigenvalue weighted by Crippen LogP contribution is 2.34. The lowest BCUT2D eigenvalue weighted by atomic mass is 10.2. The predicted octanol–water partition coefficient (Wildman–Crippen LogP) is 5.10. The Hall–Kier alpha value is -2.75. The molecule has 0 amide bonds. The fourth-order valence-corrected chi connectivity index (χ4v) is 5.43. The molecule has 2 aromatic carbocycles. The molecule has 0 bridgehead atoms. The fraction of sp³-hybridized carbons (Fsp3) is 0.100. The quantitative estimate of drug-likeness (QED) is 0.239. The van der Waals surface area contributed by atoms with Gasteiger partial charge in [-0.2, -0.15) is 0 Å². The van der Waals surface area contributed by atoms with Crippen LogP contribution < -0.4 is 0 Å². The molecule has 1 N–H and O–H groups in total. The second kappa shape index (κ2) is 6.94. The molecule has 0 aliphatic carbocycles. The molecule has 3 aromatic heterocycles. The van der Waals surface area contributed by atoms with Crippen LogP contribution in [0.1, 0.15) is 5.56 Å². The number of nitrogens with zero attached hydrogens (tertiary/aromatic N) is 4. The van der Waals surface area contributed by atoms with Gasteiger partial charge in [0.2, 0.25) is 0 Å². The molecule has 0 saturated carbocycles. The van der Waals surface area contributed by atoms with Gasteiger partial charge in [-0.3, -0.25) is 13.8 Å². The number of carboxylic acid groups (broad SMARTS) is 1. The number of aliphatic carboxylic acids is 1. The summed E-state index contributed by atoms with van der Waals surface area (Å²) >= 11 is 8.34. The van der Waals surface area contributed by atoms with E-state index in [9.17, 15) is 9.90 Å². The number of imidazole rings is 1. The minimum absolute atomic E-state index is 0.0879. The van der Waals surface area contributed by atoms with E-state index < -0.39 is 5.97 Å². The second-order valence-corrected chi connectivity index (χ2v) is 9.07. The van der Waals surface area contributed by atoms with Gasteiger partial charge in [0.1, 0.15) is 4.70 Å². The van der Waals surface area contributed by atoms with Crippen molar-refractivity contribution in [1.29, 1.82) is 0 Å². The van der Waals surface area contributed by atoms with E-state index in [4.69, 9.17) is 22.2 Å². The zero-order chi connectivity index (χ0) is 20.1. The first-order chi connectivity index (χ1) is 14.0. The van der Waals surface area contributed by atoms with Crippen molar-refractivity contribution < 1.29 is 9.90 Å². The average molecular weight is 439 g/mol. The van der Waals surface area contributed by atoms with Gasteiger partial charge in [-0.05, 0) is 42.9 Å². The lowest BCUT2D eigenvalue weighted by Gasteiger charge is -2.10. The summed E-state index contributed by atoms with van der Waals surface area (Å²) in [6.45, 7) is 2.03. The normalized spacial score (nSPS) is 11.6. The summed E-state index contributed by atoms with van der Waals surface area (Å²) in [4.78, 5) is 20.9. The number of benzene rings is 2. The molecule has 0 unspecified atom stereocenters. The lowest BCUT2D eigenvalue weighted by Crippen LogP contribution is -2.04. The van der Waals surface area contributed by atoms with Gasteiger partial charge >= 0.3 is 5.97 Å². The van der Waals surface area contributed by atoms with Crippen molar-refractivity contribution >= 4 is 68.3 Å². The Morgan fingerprint density at radius 3 is 2.69 bits per heavy atom. The third kappa shape index (κ3) is 2.93. The van der Waals surface area contributed by atoms with Crippen LogP contribution in [0.2, 0.25) is 0 Å². The summed E-state index contributed by atoms with van der Waals surface area (Å²) in [5.74, 6) is -0.981. The van der Waals surface area contributed by atoms with Crippen LogP contribution in [0.4, 0.5) is 0 Å². The number of aromatic nitrogens is 4. The van der Waals surface area contributed by atoms with E-state index in [1.54, 1.807) is 0 Å². The molecule has 5 aromatic rings. The minimum Gasteiger partial charge on any atom is -0.481 e. The molecule has 0 radical (unpaired) electrons. The molecular weight excluding hydrogens is 424 g/mol. The maximum Gasteiger partial charge on any atom is 0.313 e. The van der Waals surface area contributed by atoms with Crippen LogP contribution in [0.3, 0.4) is 0 Å². The first kappa shape index (κ1) is 18.3. The van der Waals surface area contributed by atoms with Gasteiger partial charge in [-0.15, -0.1) is 0 Å². The number of carboxylic acids is 1. The first-order valence-corrected chi connectivity index (χ1v) is 11.0. The largest absolute Gasteiger partial charge is 0.481 e. The molecule has 9 heteroatoms. The second-order valence-electron chi connectivity index (χ2n) is 6.48. The van der Waals surface area contributed by atoms with Crippen molar-refractivity contribution in [3.63, 3.8) is 0 Å². The Kier molecular flexibility index (Phi) is 4.38. The molecule has 6 nitrogen and oxygen atoms in total. The molecule has 3 heterocycles. The predicted molar refractivity (Wildman–Crippen MR) is 119 cm³/mol. The summed E-state index contributed by atoms with van der Waals surface area (Å²) < 4.78 is 5.44. The van der Waals surface area contributed by atoms with E-state index in [0.29, 0.717) is 14.8 Å². The number of fused-ring (bicyclic) bond motifs is 5. The molecular formula is C20H14N4O2S3. The maximum atomic E-state index is 11.2. The standard InChI is InChI=1S/C20H14N4O2S3/c1-11-6-2-4-8-13(11)24-18-16(29-20(24)27)17-21-12-7-3-5-9-14(12)23(17)19(22-18)28-10-15(25)26/h2-9H,10H2,1H3,(H,25,26). The van der Waals surface area contributed by atoms with Crippen LogP contribution in [0.15, 0.2) is 53.7 Å². The summed E-state index contributed by atoms with van der Waals surface area (Å²) in [5.41, 5.74) is 5.22. The zero-order valence-electron chi connectivity index (χ0n) is 15.2. The van der Waals surface area contributed by atoms with Crippen molar-refractivity contribution in [2.45, 2.75) is 12.1 Å². The van der Waals surface area contributed by atoms with Crippen molar-refractivity contribution in [2.75, 3.05) is 5.75 Å². The molecule has 0 fully saturated rings. The summed E-state index contributed by atoms with van der Waals surface area (Å²) in [7, 11) is 0. The highest BCUT2D eigenvalue weighted by Gasteiger charge is 2.20. The molecule has 144 valence electrons. The Morgan fingerprint density at radius 2 is 1.90 bits per heavy atom. The van der Waals surface area contributed by atoms with Crippen molar-refractivity contribution in [3.05, 3.63) is 58.0 Å². The number of hydrogen-bond donors (Lipinski definition) is 1. The highest BCUT2D eigenvalue weighted by atomic mass is 32.2. The van der Waals surface area contributed by atoms with Crippen molar-refractivity contribution in [3.8, 4) is 5.69 Å². The Morgan fingerprint density at radius 1 is 1.14 bits per heavy atom. The average Bonchev–Trinajstić information content (AvgIpc) is 3.24. The van der Waals surface area contributed by atoms with E-state index in [-0.39, 0.29) is 5.75 Å². The summed E-state index contributed by atoms with van der Waals surface area (Å²) in [6.07, 6.45) is 0. The number of rotatable bonds is 4. The summed E-state index contributed by atoms with van der Waals surface area (Å²) in [6, 6.07) is 15.8. The minimum atomic E-state index is -0.893. The molecule has 0 spiro atoms. The monoisotopic (exact) mass is 438 g/mol. The van der Waals surface area contributed by atoms with Crippen molar-refractivity contribution in [1.82, 2.24) is 18.9 Å². The summed E-state index contributed by atoms with van der Waals surface area (Å²) in [5, 5.41) is 9.79. The van der Waals surface area contributed by atoms with Crippen molar-refractivity contribution in [2.24, 2.45) is 0 Å². The van der Waals surface area contributed by atoms with Gasteiger partial charge in [0.05, 0.1) is 22.5 Å². The van der Waals surface area contributed by atoms with Gasteiger partial charge in [0, 0.05) is 0 Å². The number of para-hydroxylation sites is 3. The molecule has 29 heavy (non-hydrogen) atoms. The van der Waals surface area contributed by atoms with Crippen LogP contribution in [0, 0.1) is 10.9 Å². The SMILES string of the molecule is Cc1ccccc1-n1c(=S)sc2c1nc(SCC(=O)O)n1c3ccccc3nc21. The topological polar surface area (TPSA) is 72.4 Å². The van der Waals surface area contributed by atoms with E-state index in [1.807, 2.05) is 64.4 Å².